The molecule has 2 aromatic carbocycles. The zero-order chi connectivity index (χ0) is 20.8. The minimum absolute atomic E-state index is 0.709. The average molecular weight is 412 g/mol. The molecule has 1 saturated heterocycles. The van der Waals surface area contributed by atoms with Gasteiger partial charge in [-0.15, -0.1) is 0 Å². The minimum Gasteiger partial charge on any atom is -0.378 e. The molecule has 0 bridgehead atoms. The molecule has 0 aliphatic carbocycles. The molecule has 0 amide bonds. The SMILES string of the molecule is Cc1cccc(-c2nc(N3CCOCC3)nc3c2CCN3c2ccc3[nH]ncc3c2)c1. The molecule has 4 aromatic rings. The summed E-state index contributed by atoms with van der Waals surface area (Å²) in [7, 11) is 0. The predicted octanol–water partition coefficient (Wildman–Crippen LogP) is 3.86. The van der Waals surface area contributed by atoms with Crippen molar-refractivity contribution in [2.24, 2.45) is 0 Å². The standard InChI is InChI=1S/C24H24N6O/c1-16-3-2-4-17(13-16)22-20-7-8-30(19-5-6-21-18(14-19)15-25-28-21)23(20)27-24(26-22)29-9-11-31-12-10-29/h2-6,13-15H,7-12H2,1H3,(H,25,28). The second-order valence-corrected chi connectivity index (χ2v) is 8.19. The molecule has 2 aliphatic heterocycles. The maximum Gasteiger partial charge on any atom is 0.228 e. The van der Waals surface area contributed by atoms with Crippen LogP contribution in [0.1, 0.15) is 11.1 Å². The van der Waals surface area contributed by atoms with Gasteiger partial charge in [0.25, 0.3) is 0 Å². The van der Waals surface area contributed by atoms with Gasteiger partial charge in [-0.1, -0.05) is 23.8 Å². The van der Waals surface area contributed by atoms with E-state index in [1.807, 2.05) is 6.20 Å². The van der Waals surface area contributed by atoms with Gasteiger partial charge in [-0.3, -0.25) is 5.10 Å². The summed E-state index contributed by atoms with van der Waals surface area (Å²) in [6.07, 6.45) is 2.79. The Morgan fingerprint density at radius 2 is 1.90 bits per heavy atom. The molecule has 0 atom stereocenters. The van der Waals surface area contributed by atoms with Gasteiger partial charge in [0.15, 0.2) is 0 Å². The third kappa shape index (κ3) is 3.21. The first-order chi connectivity index (χ1) is 15.3. The molecule has 0 saturated carbocycles. The number of fused-ring (bicyclic) bond motifs is 2. The maximum absolute atomic E-state index is 5.55. The molecular weight excluding hydrogens is 388 g/mol. The third-order valence-electron chi connectivity index (χ3n) is 6.14. The van der Waals surface area contributed by atoms with Crippen molar-refractivity contribution in [3.8, 4) is 11.3 Å². The summed E-state index contributed by atoms with van der Waals surface area (Å²) in [4.78, 5) is 14.7. The zero-order valence-corrected chi connectivity index (χ0v) is 17.5. The van der Waals surface area contributed by atoms with E-state index < -0.39 is 0 Å². The molecule has 0 unspecified atom stereocenters. The molecule has 6 rings (SSSR count). The van der Waals surface area contributed by atoms with E-state index in [0.29, 0.717) is 13.2 Å². The molecule has 7 nitrogen and oxygen atoms in total. The number of hydrogen-bond donors (Lipinski definition) is 1. The smallest absolute Gasteiger partial charge is 0.228 e. The number of aromatic amines is 1. The first-order valence-corrected chi connectivity index (χ1v) is 10.8. The van der Waals surface area contributed by atoms with Crippen molar-refractivity contribution < 1.29 is 4.74 Å². The van der Waals surface area contributed by atoms with Crippen molar-refractivity contribution in [2.45, 2.75) is 13.3 Å². The number of aromatic nitrogens is 4. The van der Waals surface area contributed by atoms with Crippen LogP contribution in [0, 0.1) is 6.92 Å². The van der Waals surface area contributed by atoms with Crippen molar-refractivity contribution >= 4 is 28.4 Å². The average Bonchev–Trinajstić information content (AvgIpc) is 3.45. The lowest BCUT2D eigenvalue weighted by Crippen LogP contribution is -2.37. The molecule has 0 spiro atoms. The quantitative estimate of drug-likeness (QED) is 0.551. The molecule has 1 N–H and O–H groups in total. The number of nitrogens with one attached hydrogen (secondary N) is 1. The number of aryl methyl sites for hydroxylation is 1. The van der Waals surface area contributed by atoms with Crippen molar-refractivity contribution in [2.75, 3.05) is 42.6 Å². The van der Waals surface area contributed by atoms with E-state index in [0.717, 1.165) is 65.7 Å². The van der Waals surface area contributed by atoms with Gasteiger partial charge in [0.1, 0.15) is 5.82 Å². The van der Waals surface area contributed by atoms with Crippen molar-refractivity contribution in [3.63, 3.8) is 0 Å². The van der Waals surface area contributed by atoms with Crippen LogP contribution in [0.5, 0.6) is 0 Å². The van der Waals surface area contributed by atoms with Gasteiger partial charge in [-0.05, 0) is 37.6 Å². The van der Waals surface area contributed by atoms with Gasteiger partial charge in [0.05, 0.1) is 30.6 Å². The summed E-state index contributed by atoms with van der Waals surface area (Å²) in [6.45, 7) is 6.06. The fraction of sp³-hybridized carbons (Fsp3) is 0.292. The Hall–Kier alpha value is -3.45. The lowest BCUT2D eigenvalue weighted by atomic mass is 10.0. The molecular formula is C24H24N6O. The topological polar surface area (TPSA) is 70.2 Å². The Labute approximate surface area is 180 Å². The third-order valence-corrected chi connectivity index (χ3v) is 6.14. The first-order valence-electron chi connectivity index (χ1n) is 10.8. The molecule has 2 aromatic heterocycles. The van der Waals surface area contributed by atoms with Crippen LogP contribution in [0.15, 0.2) is 48.7 Å². The van der Waals surface area contributed by atoms with E-state index in [4.69, 9.17) is 14.7 Å². The highest BCUT2D eigenvalue weighted by atomic mass is 16.5. The monoisotopic (exact) mass is 412 g/mol. The van der Waals surface area contributed by atoms with Crippen LogP contribution >= 0.6 is 0 Å². The fourth-order valence-electron chi connectivity index (χ4n) is 4.53. The minimum atomic E-state index is 0.709. The normalized spacial score (nSPS) is 16.2. The van der Waals surface area contributed by atoms with E-state index in [1.54, 1.807) is 0 Å². The summed E-state index contributed by atoms with van der Waals surface area (Å²) >= 11 is 0. The Morgan fingerprint density at radius 1 is 1.00 bits per heavy atom. The molecule has 4 heterocycles. The zero-order valence-electron chi connectivity index (χ0n) is 17.5. The molecule has 7 heteroatoms. The first kappa shape index (κ1) is 18.3. The van der Waals surface area contributed by atoms with Gasteiger partial charge in [-0.2, -0.15) is 10.1 Å². The number of rotatable bonds is 3. The van der Waals surface area contributed by atoms with E-state index >= 15 is 0 Å². The Bertz CT molecular complexity index is 1260. The number of H-pyrrole nitrogens is 1. The second-order valence-electron chi connectivity index (χ2n) is 8.19. The molecule has 2 aliphatic rings. The largest absolute Gasteiger partial charge is 0.378 e. The van der Waals surface area contributed by atoms with Gasteiger partial charge in [0, 0.05) is 41.8 Å². The summed E-state index contributed by atoms with van der Waals surface area (Å²) in [5.74, 6) is 1.80. The summed E-state index contributed by atoms with van der Waals surface area (Å²) in [6, 6.07) is 15.0. The fourth-order valence-corrected chi connectivity index (χ4v) is 4.53. The van der Waals surface area contributed by atoms with E-state index in [1.165, 1.54) is 11.1 Å². The highest BCUT2D eigenvalue weighted by Crippen LogP contribution is 2.40. The number of morpholine rings is 1. The lowest BCUT2D eigenvalue weighted by molar-refractivity contribution is 0.122. The van der Waals surface area contributed by atoms with E-state index in [-0.39, 0.29) is 0 Å². The number of hydrogen-bond acceptors (Lipinski definition) is 6. The number of ether oxygens (including phenoxy) is 1. The van der Waals surface area contributed by atoms with Gasteiger partial charge < -0.3 is 14.5 Å². The summed E-state index contributed by atoms with van der Waals surface area (Å²) < 4.78 is 5.55. The van der Waals surface area contributed by atoms with Crippen LogP contribution in [-0.4, -0.2) is 53.0 Å². The lowest BCUT2D eigenvalue weighted by Gasteiger charge is -2.28. The summed E-state index contributed by atoms with van der Waals surface area (Å²) in [5, 5.41) is 8.30. The predicted molar refractivity (Wildman–Crippen MR) is 122 cm³/mol. The van der Waals surface area contributed by atoms with Gasteiger partial charge >= 0.3 is 0 Å². The van der Waals surface area contributed by atoms with Crippen molar-refractivity contribution in [1.29, 1.82) is 0 Å². The second kappa shape index (κ2) is 7.35. The van der Waals surface area contributed by atoms with E-state index in [2.05, 4.69) is 69.4 Å². The van der Waals surface area contributed by atoms with Crippen molar-refractivity contribution in [1.82, 2.24) is 20.2 Å². The highest BCUT2D eigenvalue weighted by molar-refractivity contribution is 5.85. The van der Waals surface area contributed by atoms with Crippen LogP contribution in [0.3, 0.4) is 0 Å². The van der Waals surface area contributed by atoms with Crippen LogP contribution in [0.4, 0.5) is 17.5 Å². The highest BCUT2D eigenvalue weighted by Gasteiger charge is 2.29. The molecule has 0 radical (unpaired) electrons. The van der Waals surface area contributed by atoms with Crippen LogP contribution in [0.2, 0.25) is 0 Å². The Morgan fingerprint density at radius 3 is 2.77 bits per heavy atom. The number of nitrogens with zero attached hydrogens (tertiary/aromatic N) is 5. The molecule has 31 heavy (non-hydrogen) atoms. The number of anilines is 3. The van der Waals surface area contributed by atoms with Gasteiger partial charge in [-0.25, -0.2) is 4.98 Å². The maximum atomic E-state index is 5.55. The van der Waals surface area contributed by atoms with Gasteiger partial charge in [0.2, 0.25) is 5.95 Å². The Kier molecular flexibility index (Phi) is 4.35. The number of benzene rings is 2. The molecule has 1 fully saturated rings. The molecule has 156 valence electrons. The Balaban J connectivity index is 1.50. The van der Waals surface area contributed by atoms with Crippen LogP contribution in [0.25, 0.3) is 22.2 Å². The van der Waals surface area contributed by atoms with Crippen molar-refractivity contribution in [3.05, 3.63) is 59.8 Å². The van der Waals surface area contributed by atoms with Crippen LogP contribution < -0.4 is 9.80 Å². The summed E-state index contributed by atoms with van der Waals surface area (Å²) in [5.41, 5.74) is 6.82. The van der Waals surface area contributed by atoms with E-state index in [9.17, 15) is 0 Å². The van der Waals surface area contributed by atoms with Crippen LogP contribution in [-0.2, 0) is 11.2 Å².